The van der Waals surface area contributed by atoms with Gasteiger partial charge in [0.05, 0.1) is 6.04 Å². The number of nitrogens with zero attached hydrogens (tertiary/aromatic N) is 4. The van der Waals surface area contributed by atoms with Gasteiger partial charge in [0.15, 0.2) is 5.65 Å². The minimum absolute atomic E-state index is 0.0460. The van der Waals surface area contributed by atoms with E-state index in [4.69, 9.17) is 0 Å². The highest BCUT2D eigenvalue weighted by atomic mass is 32.2. The number of pyridine rings is 1. The lowest BCUT2D eigenvalue weighted by molar-refractivity contribution is -0.121. The molecule has 0 saturated carbocycles. The molecule has 28 heavy (non-hydrogen) atoms. The third kappa shape index (κ3) is 3.91. The number of benzene rings is 1. The summed E-state index contributed by atoms with van der Waals surface area (Å²) in [6.45, 7) is 3.75. The van der Waals surface area contributed by atoms with Crippen molar-refractivity contribution in [3.63, 3.8) is 0 Å². The number of hydrogen-bond acceptors (Lipinski definition) is 5. The van der Waals surface area contributed by atoms with Crippen molar-refractivity contribution in [2.75, 3.05) is 24.7 Å². The Morgan fingerprint density at radius 3 is 2.79 bits per heavy atom. The average molecular weight is 396 g/mol. The fourth-order valence-electron chi connectivity index (χ4n) is 3.80. The maximum absolute atomic E-state index is 12.7. The maximum Gasteiger partial charge on any atom is 0.241 e. The highest BCUT2D eigenvalue weighted by molar-refractivity contribution is 7.98. The predicted molar refractivity (Wildman–Crippen MR) is 113 cm³/mol. The van der Waals surface area contributed by atoms with E-state index >= 15 is 0 Å². The van der Waals surface area contributed by atoms with E-state index in [-0.39, 0.29) is 11.9 Å². The first-order valence-electron chi connectivity index (χ1n) is 9.64. The van der Waals surface area contributed by atoms with Crippen LogP contribution < -0.4 is 5.32 Å². The molecule has 3 aromatic rings. The smallest absolute Gasteiger partial charge is 0.241 e. The zero-order valence-corrected chi connectivity index (χ0v) is 17.0. The number of aromatic nitrogens is 3. The van der Waals surface area contributed by atoms with Crippen molar-refractivity contribution < 1.29 is 4.79 Å². The lowest BCUT2D eigenvalue weighted by Gasteiger charge is -2.34. The molecule has 1 aliphatic rings. The Kier molecular flexibility index (Phi) is 5.64. The van der Waals surface area contributed by atoms with E-state index in [2.05, 4.69) is 24.8 Å². The summed E-state index contributed by atoms with van der Waals surface area (Å²) in [6.07, 6.45) is 6.02. The van der Waals surface area contributed by atoms with Gasteiger partial charge in [-0.05, 0) is 69.4 Å². The Hall–Kier alpha value is -2.38. The number of rotatable bonds is 5. The monoisotopic (exact) mass is 395 g/mol. The van der Waals surface area contributed by atoms with Crippen molar-refractivity contribution in [3.8, 4) is 0 Å². The van der Waals surface area contributed by atoms with Crippen LogP contribution in [-0.2, 0) is 4.79 Å². The van der Waals surface area contributed by atoms with Crippen LogP contribution in [0, 0.1) is 0 Å². The molecule has 1 fully saturated rings. The van der Waals surface area contributed by atoms with Crippen molar-refractivity contribution >= 4 is 29.0 Å². The second kappa shape index (κ2) is 8.32. The van der Waals surface area contributed by atoms with E-state index in [0.717, 1.165) is 48.0 Å². The molecule has 1 unspecified atom stereocenters. The molecule has 146 valence electrons. The summed E-state index contributed by atoms with van der Waals surface area (Å²) in [7, 11) is 0. The Labute approximate surface area is 169 Å². The molecule has 1 amide bonds. The first-order valence-corrected chi connectivity index (χ1v) is 10.9. The lowest BCUT2D eigenvalue weighted by atomic mass is 9.95. The van der Waals surface area contributed by atoms with Crippen molar-refractivity contribution in [2.24, 2.45) is 0 Å². The van der Waals surface area contributed by atoms with Crippen molar-refractivity contribution in [1.82, 2.24) is 19.5 Å². The van der Waals surface area contributed by atoms with E-state index < -0.39 is 0 Å². The molecule has 6 nitrogen and oxygen atoms in total. The average Bonchev–Trinajstić information content (AvgIpc) is 3.17. The molecule has 1 N–H and O–H groups in total. The Morgan fingerprint density at radius 2 is 2.00 bits per heavy atom. The molecule has 2 aromatic heterocycles. The number of likely N-dealkylation sites (tertiary alicyclic amines) is 1. The molecule has 7 heteroatoms. The number of thioether (sulfide) groups is 1. The topological polar surface area (TPSA) is 62.5 Å². The van der Waals surface area contributed by atoms with Gasteiger partial charge in [-0.3, -0.25) is 14.1 Å². The van der Waals surface area contributed by atoms with Crippen LogP contribution in [0.15, 0.2) is 53.6 Å². The third-order valence-corrected chi connectivity index (χ3v) is 6.22. The summed E-state index contributed by atoms with van der Waals surface area (Å²) >= 11 is 1.67. The van der Waals surface area contributed by atoms with Gasteiger partial charge in [-0.2, -0.15) is 0 Å². The van der Waals surface area contributed by atoms with E-state index in [9.17, 15) is 4.79 Å². The fourth-order valence-corrected chi connectivity index (χ4v) is 4.26. The minimum Gasteiger partial charge on any atom is -0.325 e. The number of anilines is 1. The molecule has 4 rings (SSSR count). The van der Waals surface area contributed by atoms with Gasteiger partial charge in [0.2, 0.25) is 5.91 Å². The standard InChI is InChI=1S/C21H25N5OS/c1-15(21(27)22-17-6-5-7-18(14-17)28-2)25-12-9-16(10-13-25)20-24-23-19-8-3-4-11-26(19)20/h3-8,11,14-16H,9-10,12-13H2,1-2H3,(H,22,27). The SMILES string of the molecule is CSc1cccc(NC(=O)C(C)N2CCC(c3nnc4ccccn34)CC2)c1. The number of carbonyl (C=O) groups excluding carboxylic acids is 1. The summed E-state index contributed by atoms with van der Waals surface area (Å²) in [6, 6.07) is 13.8. The van der Waals surface area contributed by atoms with Gasteiger partial charge >= 0.3 is 0 Å². The molecular formula is C21H25N5OS. The van der Waals surface area contributed by atoms with Crippen LogP contribution in [0.1, 0.15) is 31.5 Å². The second-order valence-corrected chi connectivity index (χ2v) is 8.07. The zero-order chi connectivity index (χ0) is 19.5. The minimum atomic E-state index is -0.158. The Bertz CT molecular complexity index is 964. The van der Waals surface area contributed by atoms with Gasteiger partial charge in [-0.1, -0.05) is 12.1 Å². The van der Waals surface area contributed by atoms with E-state index in [1.165, 1.54) is 0 Å². The van der Waals surface area contributed by atoms with E-state index in [1.807, 2.05) is 61.8 Å². The van der Waals surface area contributed by atoms with Gasteiger partial charge in [-0.15, -0.1) is 22.0 Å². The second-order valence-electron chi connectivity index (χ2n) is 7.19. The van der Waals surface area contributed by atoms with Gasteiger partial charge in [0.1, 0.15) is 5.82 Å². The predicted octanol–water partition coefficient (Wildman–Crippen LogP) is 3.66. The number of carbonyl (C=O) groups is 1. The largest absolute Gasteiger partial charge is 0.325 e. The maximum atomic E-state index is 12.7. The summed E-state index contributed by atoms with van der Waals surface area (Å²) in [4.78, 5) is 16.1. The van der Waals surface area contributed by atoms with Crippen molar-refractivity contribution in [1.29, 1.82) is 0 Å². The molecular weight excluding hydrogens is 370 g/mol. The zero-order valence-electron chi connectivity index (χ0n) is 16.2. The van der Waals surface area contributed by atoms with Gasteiger partial charge < -0.3 is 5.32 Å². The number of piperidine rings is 1. The van der Waals surface area contributed by atoms with Crippen LogP contribution in [-0.4, -0.2) is 50.8 Å². The molecule has 3 heterocycles. The third-order valence-electron chi connectivity index (χ3n) is 5.50. The quantitative estimate of drug-likeness (QED) is 0.668. The summed E-state index contributed by atoms with van der Waals surface area (Å²) < 4.78 is 2.08. The molecule has 1 saturated heterocycles. The van der Waals surface area contributed by atoms with Crippen molar-refractivity contribution in [2.45, 2.75) is 36.6 Å². The van der Waals surface area contributed by atoms with Crippen LogP contribution in [0.5, 0.6) is 0 Å². The lowest BCUT2D eigenvalue weighted by Crippen LogP contribution is -2.45. The first-order chi connectivity index (χ1) is 13.7. The van der Waals surface area contributed by atoms with Crippen LogP contribution in [0.2, 0.25) is 0 Å². The molecule has 1 aromatic carbocycles. The van der Waals surface area contributed by atoms with Crippen LogP contribution >= 0.6 is 11.8 Å². The number of fused-ring (bicyclic) bond motifs is 1. The highest BCUT2D eigenvalue weighted by Gasteiger charge is 2.29. The van der Waals surface area contributed by atoms with Crippen LogP contribution in [0.4, 0.5) is 5.69 Å². The number of nitrogens with one attached hydrogen (secondary N) is 1. The fraction of sp³-hybridized carbons (Fsp3) is 0.381. The molecule has 1 atom stereocenters. The van der Waals surface area contributed by atoms with Crippen LogP contribution in [0.25, 0.3) is 5.65 Å². The highest BCUT2D eigenvalue weighted by Crippen LogP contribution is 2.28. The van der Waals surface area contributed by atoms with Gasteiger partial charge in [0, 0.05) is 22.7 Å². The van der Waals surface area contributed by atoms with Crippen LogP contribution in [0.3, 0.4) is 0 Å². The molecule has 0 radical (unpaired) electrons. The van der Waals surface area contributed by atoms with E-state index in [0.29, 0.717) is 5.92 Å². The summed E-state index contributed by atoms with van der Waals surface area (Å²) in [5, 5.41) is 11.7. The summed E-state index contributed by atoms with van der Waals surface area (Å²) in [5.41, 5.74) is 1.74. The number of hydrogen-bond donors (Lipinski definition) is 1. The molecule has 0 aliphatic carbocycles. The normalized spacial score (nSPS) is 16.9. The van der Waals surface area contributed by atoms with Gasteiger partial charge in [-0.25, -0.2) is 0 Å². The van der Waals surface area contributed by atoms with Gasteiger partial charge in [0.25, 0.3) is 0 Å². The Morgan fingerprint density at radius 1 is 1.18 bits per heavy atom. The summed E-state index contributed by atoms with van der Waals surface area (Å²) in [5.74, 6) is 1.45. The first kappa shape index (κ1) is 19.0. The number of amides is 1. The molecule has 0 spiro atoms. The molecule has 1 aliphatic heterocycles. The van der Waals surface area contributed by atoms with E-state index in [1.54, 1.807) is 11.8 Å². The molecule has 0 bridgehead atoms. The van der Waals surface area contributed by atoms with Crippen molar-refractivity contribution in [3.05, 3.63) is 54.5 Å². The Balaban J connectivity index is 1.37.